The molecule has 28 heavy (non-hydrogen) atoms. The summed E-state index contributed by atoms with van der Waals surface area (Å²) in [7, 11) is 0. The highest BCUT2D eigenvalue weighted by Gasteiger charge is 2.22. The first-order valence-corrected chi connectivity index (χ1v) is 10.8. The molecule has 1 aliphatic heterocycles. The lowest BCUT2D eigenvalue weighted by Gasteiger charge is -2.28. The van der Waals surface area contributed by atoms with Crippen LogP contribution in [0.5, 0.6) is 0 Å². The predicted octanol–water partition coefficient (Wildman–Crippen LogP) is 4.70. The molecular weight excluding hydrogens is 364 g/mol. The number of fused-ring (bicyclic) bond motifs is 2. The van der Waals surface area contributed by atoms with E-state index in [1.165, 1.54) is 27.1 Å². The van der Waals surface area contributed by atoms with Gasteiger partial charge in [0.2, 0.25) is 0 Å². The maximum atomic E-state index is 4.89. The molecule has 2 aromatic heterocycles. The third-order valence-electron chi connectivity index (χ3n) is 5.80. The normalized spacial score (nSPS) is 16.0. The molecule has 5 heteroatoms. The molecule has 1 unspecified atom stereocenters. The van der Waals surface area contributed by atoms with Crippen molar-refractivity contribution in [2.75, 3.05) is 13.1 Å². The number of nitrogens with zero attached hydrogens (tertiary/aromatic N) is 4. The molecule has 0 saturated heterocycles. The Morgan fingerprint density at radius 2 is 1.93 bits per heavy atom. The third kappa shape index (κ3) is 3.48. The maximum Gasteiger partial charge on any atom is 0.0815 e. The van der Waals surface area contributed by atoms with Gasteiger partial charge in [-0.05, 0) is 42.2 Å². The van der Waals surface area contributed by atoms with Crippen molar-refractivity contribution < 1.29 is 0 Å². The zero-order valence-corrected chi connectivity index (χ0v) is 16.9. The van der Waals surface area contributed by atoms with E-state index in [-0.39, 0.29) is 0 Å². The first-order chi connectivity index (χ1) is 13.8. The van der Waals surface area contributed by atoms with E-state index in [9.17, 15) is 0 Å². The molecule has 1 atom stereocenters. The highest BCUT2D eigenvalue weighted by molar-refractivity contribution is 7.16. The van der Waals surface area contributed by atoms with Crippen molar-refractivity contribution in [3.8, 4) is 0 Å². The van der Waals surface area contributed by atoms with Crippen molar-refractivity contribution in [2.24, 2.45) is 0 Å². The summed E-state index contributed by atoms with van der Waals surface area (Å²) in [6.07, 6.45) is 4.33. The van der Waals surface area contributed by atoms with E-state index in [2.05, 4.69) is 76.2 Å². The smallest absolute Gasteiger partial charge is 0.0815 e. The molecule has 1 aliphatic rings. The van der Waals surface area contributed by atoms with Gasteiger partial charge in [0.25, 0.3) is 0 Å². The number of benzene rings is 2. The van der Waals surface area contributed by atoms with Crippen molar-refractivity contribution in [1.82, 2.24) is 19.7 Å². The van der Waals surface area contributed by atoms with Crippen LogP contribution in [0.15, 0.2) is 60.2 Å². The largest absolute Gasteiger partial charge is 0.296 e. The zero-order valence-electron chi connectivity index (χ0n) is 16.1. The second-order valence-corrected chi connectivity index (χ2v) is 8.46. The fourth-order valence-corrected chi connectivity index (χ4v) is 4.79. The molecule has 5 rings (SSSR count). The van der Waals surface area contributed by atoms with Crippen molar-refractivity contribution in [3.05, 3.63) is 82.6 Å². The fourth-order valence-electron chi connectivity index (χ4n) is 4.13. The second kappa shape index (κ2) is 7.49. The minimum Gasteiger partial charge on any atom is -0.296 e. The lowest BCUT2D eigenvalue weighted by atomic mass is 10.1. The van der Waals surface area contributed by atoms with E-state index < -0.39 is 0 Å². The Labute approximate surface area is 169 Å². The Bertz CT molecular complexity index is 1060. The van der Waals surface area contributed by atoms with Gasteiger partial charge in [-0.1, -0.05) is 36.4 Å². The molecule has 0 amide bonds. The number of aromatic nitrogens is 3. The summed E-state index contributed by atoms with van der Waals surface area (Å²) >= 11 is 1.71. The summed E-state index contributed by atoms with van der Waals surface area (Å²) in [5.74, 6) is 0. The minimum atomic E-state index is 0.395. The maximum absolute atomic E-state index is 4.89. The topological polar surface area (TPSA) is 34.0 Å². The van der Waals surface area contributed by atoms with E-state index >= 15 is 0 Å². The van der Waals surface area contributed by atoms with Gasteiger partial charge in [-0.3, -0.25) is 9.58 Å². The third-order valence-corrected chi connectivity index (χ3v) is 6.61. The Balaban J connectivity index is 1.29. The van der Waals surface area contributed by atoms with Gasteiger partial charge in [0, 0.05) is 31.7 Å². The lowest BCUT2D eigenvalue weighted by Crippen LogP contribution is -2.29. The van der Waals surface area contributed by atoms with E-state index in [4.69, 9.17) is 5.10 Å². The van der Waals surface area contributed by atoms with Crippen LogP contribution in [0.25, 0.3) is 10.2 Å². The Morgan fingerprint density at radius 1 is 1.07 bits per heavy atom. The fraction of sp³-hybridized carbons (Fsp3) is 0.304. The highest BCUT2D eigenvalue weighted by atomic mass is 32.1. The van der Waals surface area contributed by atoms with Crippen LogP contribution < -0.4 is 0 Å². The second-order valence-electron chi connectivity index (χ2n) is 7.58. The van der Waals surface area contributed by atoms with Gasteiger partial charge < -0.3 is 0 Å². The summed E-state index contributed by atoms with van der Waals surface area (Å²) in [6, 6.07) is 17.7. The number of thiazole rings is 1. The predicted molar refractivity (Wildman–Crippen MR) is 115 cm³/mol. The molecule has 0 spiro atoms. The van der Waals surface area contributed by atoms with Crippen LogP contribution >= 0.6 is 11.3 Å². The van der Waals surface area contributed by atoms with Crippen LogP contribution in [-0.2, 0) is 19.4 Å². The molecule has 4 nitrogen and oxygen atoms in total. The van der Waals surface area contributed by atoms with Crippen molar-refractivity contribution in [1.29, 1.82) is 0 Å². The molecule has 0 N–H and O–H groups in total. The monoisotopic (exact) mass is 388 g/mol. The Kier molecular flexibility index (Phi) is 4.71. The minimum absolute atomic E-state index is 0.395. The van der Waals surface area contributed by atoms with Crippen LogP contribution in [0.3, 0.4) is 0 Å². The first-order valence-electron chi connectivity index (χ1n) is 9.92. The van der Waals surface area contributed by atoms with E-state index in [1.807, 2.05) is 5.51 Å². The van der Waals surface area contributed by atoms with E-state index in [1.54, 1.807) is 11.3 Å². The van der Waals surface area contributed by atoms with Crippen LogP contribution in [-0.4, -0.2) is 32.8 Å². The van der Waals surface area contributed by atoms with Crippen LogP contribution in [0.4, 0.5) is 0 Å². The SMILES string of the molecule is CC(c1ccc2scnc2c1)N1CCc2cn(Cc3ccccc3)nc2CC1. The summed E-state index contributed by atoms with van der Waals surface area (Å²) in [5, 5.41) is 4.89. The molecule has 0 radical (unpaired) electrons. The summed E-state index contributed by atoms with van der Waals surface area (Å²) < 4.78 is 3.37. The van der Waals surface area contributed by atoms with E-state index in [0.29, 0.717) is 6.04 Å². The molecule has 4 aromatic rings. The van der Waals surface area contributed by atoms with Gasteiger partial charge in [-0.15, -0.1) is 11.3 Å². The van der Waals surface area contributed by atoms with Gasteiger partial charge in [0.05, 0.1) is 28.0 Å². The Hall–Kier alpha value is -2.50. The summed E-state index contributed by atoms with van der Waals surface area (Å²) in [6.45, 7) is 5.28. The van der Waals surface area contributed by atoms with E-state index in [0.717, 1.165) is 38.0 Å². The lowest BCUT2D eigenvalue weighted by molar-refractivity contribution is 0.220. The van der Waals surface area contributed by atoms with Crippen molar-refractivity contribution in [3.63, 3.8) is 0 Å². The average molecular weight is 389 g/mol. The van der Waals surface area contributed by atoms with Gasteiger partial charge in [-0.25, -0.2) is 4.98 Å². The van der Waals surface area contributed by atoms with Crippen molar-refractivity contribution in [2.45, 2.75) is 32.4 Å². The molecule has 2 aromatic carbocycles. The number of rotatable bonds is 4. The van der Waals surface area contributed by atoms with Crippen LogP contribution in [0.2, 0.25) is 0 Å². The average Bonchev–Trinajstić information content (AvgIpc) is 3.30. The molecule has 0 bridgehead atoms. The van der Waals surface area contributed by atoms with Crippen molar-refractivity contribution >= 4 is 21.6 Å². The summed E-state index contributed by atoms with van der Waals surface area (Å²) in [5.41, 5.74) is 8.36. The Morgan fingerprint density at radius 3 is 2.82 bits per heavy atom. The summed E-state index contributed by atoms with van der Waals surface area (Å²) in [4.78, 5) is 7.06. The molecule has 142 valence electrons. The molecule has 0 fully saturated rings. The number of hydrogen-bond donors (Lipinski definition) is 0. The highest BCUT2D eigenvalue weighted by Crippen LogP contribution is 2.27. The van der Waals surface area contributed by atoms with Crippen LogP contribution in [0, 0.1) is 0 Å². The molecule has 0 saturated carbocycles. The number of hydrogen-bond acceptors (Lipinski definition) is 4. The molecule has 0 aliphatic carbocycles. The van der Waals surface area contributed by atoms with Gasteiger partial charge in [0.15, 0.2) is 0 Å². The van der Waals surface area contributed by atoms with Gasteiger partial charge in [-0.2, -0.15) is 5.10 Å². The first kappa shape index (κ1) is 17.6. The van der Waals surface area contributed by atoms with Gasteiger partial charge >= 0.3 is 0 Å². The molecular formula is C23H24N4S. The van der Waals surface area contributed by atoms with Crippen LogP contribution in [0.1, 0.15) is 35.3 Å². The molecule has 3 heterocycles. The standard InChI is InChI=1S/C23H24N4S/c1-17(19-7-8-23-22(13-19)24-16-28-23)26-11-9-20-15-27(25-21(20)10-12-26)14-18-5-3-2-4-6-18/h2-8,13,15-17H,9-12,14H2,1H3. The zero-order chi connectivity index (χ0) is 18.9. The van der Waals surface area contributed by atoms with Gasteiger partial charge in [0.1, 0.15) is 0 Å². The quantitative estimate of drug-likeness (QED) is 0.508.